The molecule has 2 fully saturated rings. The Morgan fingerprint density at radius 3 is 2.57 bits per heavy atom. The summed E-state index contributed by atoms with van der Waals surface area (Å²) in [4.78, 5) is 31.4. The van der Waals surface area contributed by atoms with E-state index in [4.69, 9.17) is 9.47 Å². The standard InChI is InChI=1S/C22H22BrN3O4/c23-16-2-1-3-17(11-16)26-21(27)12-18(22(26)28)25-8-6-24(7-9-25)13-15-4-5-19-20(10-15)30-14-29-19/h1-5,10-11,18H,6-9,12-14H2. The van der Waals surface area contributed by atoms with Crippen LogP contribution in [-0.2, 0) is 16.1 Å². The number of benzene rings is 2. The van der Waals surface area contributed by atoms with E-state index in [-0.39, 0.29) is 31.1 Å². The number of carbonyl (C=O) groups is 2. The molecule has 0 N–H and O–H groups in total. The van der Waals surface area contributed by atoms with Crippen LogP contribution in [0.3, 0.4) is 0 Å². The summed E-state index contributed by atoms with van der Waals surface area (Å²) < 4.78 is 11.7. The molecule has 5 rings (SSSR count). The molecule has 8 heteroatoms. The number of halogens is 1. The Kier molecular flexibility index (Phi) is 5.22. The molecule has 1 atom stereocenters. The number of amides is 2. The second kappa shape index (κ2) is 8.02. The SMILES string of the molecule is O=C1CC(N2CCN(Cc3ccc4c(c3)OCO4)CC2)C(=O)N1c1cccc(Br)c1. The first-order valence-corrected chi connectivity index (χ1v) is 10.8. The molecule has 2 amide bonds. The highest BCUT2D eigenvalue weighted by atomic mass is 79.9. The van der Waals surface area contributed by atoms with Crippen molar-refractivity contribution in [2.45, 2.75) is 19.0 Å². The molecule has 2 aromatic rings. The van der Waals surface area contributed by atoms with Gasteiger partial charge in [-0.1, -0.05) is 28.1 Å². The monoisotopic (exact) mass is 471 g/mol. The summed E-state index contributed by atoms with van der Waals surface area (Å²) in [7, 11) is 0. The number of ether oxygens (including phenoxy) is 2. The molecule has 0 spiro atoms. The van der Waals surface area contributed by atoms with Crippen LogP contribution in [0.4, 0.5) is 5.69 Å². The first-order valence-electron chi connectivity index (χ1n) is 10.1. The molecule has 3 heterocycles. The van der Waals surface area contributed by atoms with Crippen LogP contribution in [0.1, 0.15) is 12.0 Å². The lowest BCUT2D eigenvalue weighted by molar-refractivity contribution is -0.123. The van der Waals surface area contributed by atoms with Gasteiger partial charge in [0.1, 0.15) is 0 Å². The summed E-state index contributed by atoms with van der Waals surface area (Å²) >= 11 is 3.41. The van der Waals surface area contributed by atoms with Gasteiger partial charge in [0.05, 0.1) is 18.2 Å². The summed E-state index contributed by atoms with van der Waals surface area (Å²) in [5, 5.41) is 0. The molecule has 1 unspecified atom stereocenters. The van der Waals surface area contributed by atoms with Crippen molar-refractivity contribution in [1.29, 1.82) is 0 Å². The third kappa shape index (κ3) is 3.71. The van der Waals surface area contributed by atoms with Crippen molar-refractivity contribution < 1.29 is 19.1 Å². The van der Waals surface area contributed by atoms with Gasteiger partial charge in [-0.15, -0.1) is 0 Å². The minimum Gasteiger partial charge on any atom is -0.454 e. The number of nitrogens with zero attached hydrogens (tertiary/aromatic N) is 3. The van der Waals surface area contributed by atoms with Gasteiger partial charge in [0, 0.05) is 37.2 Å². The summed E-state index contributed by atoms with van der Waals surface area (Å²) in [6.07, 6.45) is 0.244. The third-order valence-electron chi connectivity index (χ3n) is 5.88. The van der Waals surface area contributed by atoms with Crippen molar-refractivity contribution in [3.8, 4) is 11.5 Å². The van der Waals surface area contributed by atoms with E-state index >= 15 is 0 Å². The van der Waals surface area contributed by atoms with Crippen molar-refractivity contribution in [3.05, 3.63) is 52.5 Å². The van der Waals surface area contributed by atoms with Crippen molar-refractivity contribution in [1.82, 2.24) is 9.80 Å². The summed E-state index contributed by atoms with van der Waals surface area (Å²) in [5.74, 6) is 1.34. The van der Waals surface area contributed by atoms with Gasteiger partial charge in [0.25, 0.3) is 5.91 Å². The molecule has 3 aliphatic rings. The summed E-state index contributed by atoms with van der Waals surface area (Å²) in [6, 6.07) is 13.0. The van der Waals surface area contributed by atoms with E-state index in [1.54, 1.807) is 6.07 Å². The van der Waals surface area contributed by atoms with Gasteiger partial charge in [-0.3, -0.25) is 19.4 Å². The number of imide groups is 1. The molecule has 0 aromatic heterocycles. The smallest absolute Gasteiger partial charge is 0.251 e. The minimum atomic E-state index is -0.371. The van der Waals surface area contributed by atoms with E-state index in [1.165, 1.54) is 10.5 Å². The minimum absolute atomic E-state index is 0.123. The molecule has 156 valence electrons. The Balaban J connectivity index is 1.20. The Morgan fingerprint density at radius 2 is 1.77 bits per heavy atom. The number of rotatable bonds is 4. The highest BCUT2D eigenvalue weighted by Gasteiger charge is 2.43. The molecule has 30 heavy (non-hydrogen) atoms. The second-order valence-corrected chi connectivity index (χ2v) is 8.68. The third-order valence-corrected chi connectivity index (χ3v) is 6.37. The number of carbonyl (C=O) groups excluding carboxylic acids is 2. The maximum atomic E-state index is 13.0. The Morgan fingerprint density at radius 1 is 0.967 bits per heavy atom. The van der Waals surface area contributed by atoms with Crippen molar-refractivity contribution >= 4 is 33.4 Å². The predicted molar refractivity (Wildman–Crippen MR) is 114 cm³/mol. The lowest BCUT2D eigenvalue weighted by atomic mass is 10.1. The number of piperazine rings is 1. The van der Waals surface area contributed by atoms with Crippen molar-refractivity contribution in [2.24, 2.45) is 0 Å². The average molecular weight is 472 g/mol. The van der Waals surface area contributed by atoms with E-state index in [9.17, 15) is 9.59 Å². The largest absolute Gasteiger partial charge is 0.454 e. The summed E-state index contributed by atoms with van der Waals surface area (Å²) in [6.45, 7) is 4.34. The zero-order chi connectivity index (χ0) is 20.7. The first kappa shape index (κ1) is 19.5. The van der Waals surface area contributed by atoms with E-state index in [1.807, 2.05) is 30.3 Å². The number of anilines is 1. The zero-order valence-electron chi connectivity index (χ0n) is 16.4. The Hall–Kier alpha value is -2.42. The van der Waals surface area contributed by atoms with Crippen LogP contribution in [0.5, 0.6) is 11.5 Å². The fourth-order valence-electron chi connectivity index (χ4n) is 4.32. The lowest BCUT2D eigenvalue weighted by Gasteiger charge is -2.37. The van der Waals surface area contributed by atoms with E-state index < -0.39 is 0 Å². The van der Waals surface area contributed by atoms with Gasteiger partial charge in [-0.2, -0.15) is 0 Å². The number of hydrogen-bond acceptors (Lipinski definition) is 6. The highest BCUT2D eigenvalue weighted by Crippen LogP contribution is 2.33. The van der Waals surface area contributed by atoms with Gasteiger partial charge < -0.3 is 9.47 Å². The van der Waals surface area contributed by atoms with Gasteiger partial charge in [0.2, 0.25) is 12.7 Å². The molecule has 2 saturated heterocycles. The Labute approximate surface area is 183 Å². The number of hydrogen-bond donors (Lipinski definition) is 0. The molecule has 0 bridgehead atoms. The van der Waals surface area contributed by atoms with Gasteiger partial charge in [-0.05, 0) is 35.9 Å². The van der Waals surface area contributed by atoms with E-state index in [2.05, 4.69) is 31.8 Å². The van der Waals surface area contributed by atoms with Crippen LogP contribution < -0.4 is 14.4 Å². The van der Waals surface area contributed by atoms with Crippen LogP contribution in [0.15, 0.2) is 46.9 Å². The van der Waals surface area contributed by atoms with Crippen LogP contribution in [-0.4, -0.2) is 60.6 Å². The second-order valence-electron chi connectivity index (χ2n) is 7.77. The van der Waals surface area contributed by atoms with E-state index in [0.717, 1.165) is 48.7 Å². The maximum absolute atomic E-state index is 13.0. The molecular weight excluding hydrogens is 450 g/mol. The topological polar surface area (TPSA) is 62.3 Å². The molecule has 7 nitrogen and oxygen atoms in total. The van der Waals surface area contributed by atoms with E-state index in [0.29, 0.717) is 5.69 Å². The van der Waals surface area contributed by atoms with Gasteiger partial charge in [0.15, 0.2) is 11.5 Å². The van der Waals surface area contributed by atoms with Crippen LogP contribution in [0, 0.1) is 0 Å². The lowest BCUT2D eigenvalue weighted by Crippen LogP contribution is -2.52. The van der Waals surface area contributed by atoms with Gasteiger partial charge >= 0.3 is 0 Å². The summed E-state index contributed by atoms with van der Waals surface area (Å²) in [5.41, 5.74) is 1.81. The van der Waals surface area contributed by atoms with Crippen LogP contribution in [0.25, 0.3) is 0 Å². The Bertz CT molecular complexity index is 990. The normalized spacial score (nSPS) is 22.2. The molecule has 0 saturated carbocycles. The molecule has 0 radical (unpaired) electrons. The quantitative estimate of drug-likeness (QED) is 0.638. The first-order chi connectivity index (χ1) is 14.6. The highest BCUT2D eigenvalue weighted by molar-refractivity contribution is 9.10. The fraction of sp³-hybridized carbons (Fsp3) is 0.364. The molecular formula is C22H22BrN3O4. The molecule has 0 aliphatic carbocycles. The number of fused-ring (bicyclic) bond motifs is 1. The van der Waals surface area contributed by atoms with Crippen LogP contribution in [0.2, 0.25) is 0 Å². The van der Waals surface area contributed by atoms with Crippen molar-refractivity contribution in [3.63, 3.8) is 0 Å². The van der Waals surface area contributed by atoms with Crippen LogP contribution >= 0.6 is 15.9 Å². The fourth-order valence-corrected chi connectivity index (χ4v) is 4.71. The predicted octanol–water partition coefficient (Wildman–Crippen LogP) is 2.63. The molecule has 3 aliphatic heterocycles. The molecule has 2 aromatic carbocycles. The van der Waals surface area contributed by atoms with Crippen molar-refractivity contribution in [2.75, 3.05) is 37.9 Å². The van der Waals surface area contributed by atoms with Gasteiger partial charge in [-0.25, -0.2) is 4.90 Å². The maximum Gasteiger partial charge on any atom is 0.251 e. The average Bonchev–Trinajstić information content (AvgIpc) is 3.32. The zero-order valence-corrected chi connectivity index (χ0v) is 18.0.